The maximum Gasteiger partial charge on any atom is 0.341 e. The zero-order chi connectivity index (χ0) is 19.6. The first-order chi connectivity index (χ1) is 12.9. The first-order valence-electron chi connectivity index (χ1n) is 8.45. The summed E-state index contributed by atoms with van der Waals surface area (Å²) in [6.45, 7) is 2.09. The molecule has 0 amide bonds. The number of carbonyl (C=O) groups is 1. The molecule has 4 nitrogen and oxygen atoms in total. The molecule has 0 radical (unpaired) electrons. The van der Waals surface area contributed by atoms with E-state index >= 15 is 0 Å². The molecule has 144 valence electrons. The summed E-state index contributed by atoms with van der Waals surface area (Å²) in [5.41, 5.74) is 1.83. The fourth-order valence-electron chi connectivity index (χ4n) is 2.98. The Morgan fingerprint density at radius 2 is 2.04 bits per heavy atom. The second-order valence-electron chi connectivity index (χ2n) is 5.96. The molecule has 0 bridgehead atoms. The molecule has 0 atom stereocenters. The first kappa shape index (κ1) is 20.7. The van der Waals surface area contributed by atoms with Crippen molar-refractivity contribution in [3.05, 3.63) is 42.9 Å². The van der Waals surface area contributed by atoms with E-state index in [1.807, 2.05) is 0 Å². The molecule has 9 heteroatoms. The number of ether oxygens (including phenoxy) is 1. The van der Waals surface area contributed by atoms with E-state index < -0.39 is 5.82 Å². The maximum absolute atomic E-state index is 14.2. The van der Waals surface area contributed by atoms with Gasteiger partial charge in [0, 0.05) is 13.8 Å². The molecule has 1 heterocycles. The van der Waals surface area contributed by atoms with Crippen LogP contribution in [-0.2, 0) is 17.6 Å². The van der Waals surface area contributed by atoms with E-state index in [1.54, 1.807) is 13.0 Å². The Kier molecular flexibility index (Phi) is 6.88. The molecular formula is C18H17Br2FN2O2S2. The van der Waals surface area contributed by atoms with Crippen LogP contribution in [0.25, 0.3) is 0 Å². The number of benzene rings is 1. The third kappa shape index (κ3) is 4.70. The summed E-state index contributed by atoms with van der Waals surface area (Å²) in [6.07, 6.45) is 3.96. The van der Waals surface area contributed by atoms with E-state index in [1.165, 1.54) is 22.3 Å². The number of anilines is 2. The van der Waals surface area contributed by atoms with Crippen LogP contribution >= 0.6 is 55.4 Å². The highest BCUT2D eigenvalue weighted by atomic mass is 79.9. The molecule has 2 aromatic rings. The van der Waals surface area contributed by atoms with Crippen molar-refractivity contribution in [2.75, 3.05) is 17.2 Å². The minimum absolute atomic E-state index is 0.209. The predicted molar refractivity (Wildman–Crippen MR) is 119 cm³/mol. The van der Waals surface area contributed by atoms with Gasteiger partial charge in [0.25, 0.3) is 0 Å². The molecule has 0 aliphatic heterocycles. The van der Waals surface area contributed by atoms with Gasteiger partial charge in [0.2, 0.25) is 0 Å². The molecule has 1 aromatic heterocycles. The Balaban J connectivity index is 1.86. The minimum Gasteiger partial charge on any atom is -0.462 e. The van der Waals surface area contributed by atoms with Crippen LogP contribution in [0.15, 0.2) is 21.1 Å². The van der Waals surface area contributed by atoms with Crippen molar-refractivity contribution in [3.63, 3.8) is 0 Å². The number of thiophene rings is 1. The summed E-state index contributed by atoms with van der Waals surface area (Å²) in [4.78, 5) is 13.7. The normalized spacial score (nSPS) is 13.0. The van der Waals surface area contributed by atoms with E-state index in [9.17, 15) is 9.18 Å². The quantitative estimate of drug-likeness (QED) is 0.356. The predicted octanol–water partition coefficient (Wildman–Crippen LogP) is 6.28. The lowest BCUT2D eigenvalue weighted by molar-refractivity contribution is 0.0526. The smallest absolute Gasteiger partial charge is 0.341 e. The largest absolute Gasteiger partial charge is 0.462 e. The number of hydrogen-bond acceptors (Lipinski definition) is 4. The third-order valence-corrected chi connectivity index (χ3v) is 6.62. The zero-order valence-corrected chi connectivity index (χ0v) is 19.3. The van der Waals surface area contributed by atoms with Gasteiger partial charge in [-0.05, 0) is 78.5 Å². The Morgan fingerprint density at radius 3 is 2.74 bits per heavy atom. The lowest BCUT2D eigenvalue weighted by Gasteiger charge is -2.14. The molecule has 1 aliphatic rings. The zero-order valence-electron chi connectivity index (χ0n) is 14.5. The first-order valence-corrected chi connectivity index (χ1v) is 11.3. The number of halogens is 3. The van der Waals surface area contributed by atoms with Gasteiger partial charge in [-0.25, -0.2) is 9.18 Å². The summed E-state index contributed by atoms with van der Waals surface area (Å²) in [7, 11) is 0. The van der Waals surface area contributed by atoms with Crippen molar-refractivity contribution in [1.82, 2.24) is 0 Å². The average Bonchev–Trinajstić information content (AvgIpc) is 2.96. The summed E-state index contributed by atoms with van der Waals surface area (Å²) < 4.78 is 20.6. The lowest BCUT2D eigenvalue weighted by Crippen LogP contribution is -2.21. The third-order valence-electron chi connectivity index (χ3n) is 4.12. The van der Waals surface area contributed by atoms with Crippen LogP contribution in [0.2, 0.25) is 0 Å². The molecule has 0 unspecified atom stereocenters. The number of fused-ring (bicyclic) bond motifs is 1. The molecule has 1 aromatic carbocycles. The molecule has 3 rings (SSSR count). The van der Waals surface area contributed by atoms with E-state index in [0.717, 1.165) is 31.2 Å². The molecular weight excluding hydrogens is 519 g/mol. The van der Waals surface area contributed by atoms with Gasteiger partial charge in [-0.1, -0.05) is 15.9 Å². The van der Waals surface area contributed by atoms with Gasteiger partial charge in [0.1, 0.15) is 10.8 Å². The van der Waals surface area contributed by atoms with Gasteiger partial charge in [0.15, 0.2) is 5.11 Å². The fourth-order valence-corrected chi connectivity index (χ4v) is 5.81. The Bertz CT molecular complexity index is 879. The maximum atomic E-state index is 14.2. The van der Waals surface area contributed by atoms with Crippen LogP contribution in [0.5, 0.6) is 0 Å². The van der Waals surface area contributed by atoms with Crippen molar-refractivity contribution in [1.29, 1.82) is 0 Å². The highest BCUT2D eigenvalue weighted by molar-refractivity contribution is 9.11. The SMILES string of the molecule is CCOC(=O)c1c(NC(=S)Nc2c(F)cc(Br)cc2Br)sc2c1CCCC2. The van der Waals surface area contributed by atoms with E-state index in [0.29, 0.717) is 26.1 Å². The van der Waals surface area contributed by atoms with Gasteiger partial charge in [-0.15, -0.1) is 11.3 Å². The highest BCUT2D eigenvalue weighted by Crippen LogP contribution is 2.39. The van der Waals surface area contributed by atoms with Gasteiger partial charge in [0.05, 0.1) is 17.9 Å². The Labute approximate surface area is 183 Å². The lowest BCUT2D eigenvalue weighted by atomic mass is 9.95. The number of nitrogens with one attached hydrogen (secondary N) is 2. The number of thiocarbonyl (C=S) groups is 1. The van der Waals surface area contributed by atoms with Crippen LogP contribution in [0.1, 0.15) is 40.6 Å². The van der Waals surface area contributed by atoms with Crippen molar-refractivity contribution in [2.45, 2.75) is 32.6 Å². The Morgan fingerprint density at radius 1 is 1.30 bits per heavy atom. The molecule has 2 N–H and O–H groups in total. The number of esters is 1. The summed E-state index contributed by atoms with van der Waals surface area (Å²) in [6, 6.07) is 3.07. The second kappa shape index (κ2) is 8.98. The topological polar surface area (TPSA) is 50.4 Å². The second-order valence-corrected chi connectivity index (χ2v) is 9.24. The minimum atomic E-state index is -0.448. The summed E-state index contributed by atoms with van der Waals surface area (Å²) >= 11 is 13.4. The summed E-state index contributed by atoms with van der Waals surface area (Å²) in [5.74, 6) is -0.797. The highest BCUT2D eigenvalue weighted by Gasteiger charge is 2.27. The Hall–Kier alpha value is -1.03. The average molecular weight is 536 g/mol. The molecule has 0 saturated carbocycles. The van der Waals surface area contributed by atoms with Crippen LogP contribution in [0.3, 0.4) is 0 Å². The van der Waals surface area contributed by atoms with Gasteiger partial charge in [-0.3, -0.25) is 0 Å². The van der Waals surface area contributed by atoms with Crippen LogP contribution in [0.4, 0.5) is 15.1 Å². The molecule has 1 aliphatic carbocycles. The number of carbonyl (C=O) groups excluding carboxylic acids is 1. The van der Waals surface area contributed by atoms with Crippen LogP contribution in [-0.4, -0.2) is 17.7 Å². The van der Waals surface area contributed by atoms with Crippen LogP contribution in [0, 0.1) is 5.82 Å². The number of rotatable bonds is 4. The van der Waals surface area contributed by atoms with Crippen molar-refractivity contribution in [3.8, 4) is 0 Å². The fraction of sp³-hybridized carbons (Fsp3) is 0.333. The van der Waals surface area contributed by atoms with Gasteiger partial charge in [-0.2, -0.15) is 0 Å². The van der Waals surface area contributed by atoms with Gasteiger partial charge >= 0.3 is 5.97 Å². The van der Waals surface area contributed by atoms with Gasteiger partial charge < -0.3 is 15.4 Å². The van der Waals surface area contributed by atoms with Crippen molar-refractivity contribution in [2.24, 2.45) is 0 Å². The molecule has 0 fully saturated rings. The van der Waals surface area contributed by atoms with Crippen LogP contribution < -0.4 is 10.6 Å². The monoisotopic (exact) mass is 534 g/mol. The molecule has 0 spiro atoms. The van der Waals surface area contributed by atoms with Crippen molar-refractivity contribution >= 4 is 77.2 Å². The standard InChI is InChI=1S/C18H17Br2FN2O2S2/c1-2-25-17(24)14-10-5-3-4-6-13(10)27-16(14)23-18(26)22-15-11(20)7-9(19)8-12(15)21/h7-8H,2-6H2,1H3,(H2,22,23,26). The van der Waals surface area contributed by atoms with E-state index in [-0.39, 0.29) is 16.8 Å². The number of aryl methyl sites for hydroxylation is 1. The van der Waals surface area contributed by atoms with E-state index in [4.69, 9.17) is 17.0 Å². The molecule has 27 heavy (non-hydrogen) atoms. The van der Waals surface area contributed by atoms with Crippen molar-refractivity contribution < 1.29 is 13.9 Å². The summed E-state index contributed by atoms with van der Waals surface area (Å²) in [5, 5.41) is 6.78. The van der Waals surface area contributed by atoms with E-state index in [2.05, 4.69) is 42.5 Å². The number of hydrogen-bond donors (Lipinski definition) is 2. The molecule has 0 saturated heterocycles.